The average Bonchev–Trinajstić information content (AvgIpc) is 2.54. The van der Waals surface area contributed by atoms with Gasteiger partial charge in [0.05, 0.1) is 19.8 Å². The average molecular weight is 314 g/mol. The number of methoxy groups -OCH3 is 2. The van der Waals surface area contributed by atoms with Gasteiger partial charge in [0, 0.05) is 5.56 Å². The van der Waals surface area contributed by atoms with Crippen LogP contribution in [0.2, 0.25) is 0 Å². The first kappa shape index (κ1) is 16.5. The molecular formula is C18H18O5. The maximum absolute atomic E-state index is 13.0. The Morgan fingerprint density at radius 3 is 2.00 bits per heavy atom. The van der Waals surface area contributed by atoms with Crippen LogP contribution in [-0.4, -0.2) is 31.1 Å². The SMILES string of the molecule is COc1ccc(OC)c(C(=O)c2cc(C)ccc2C)c1C(=O)O. The molecule has 23 heavy (non-hydrogen) atoms. The van der Waals surface area contributed by atoms with Gasteiger partial charge in [-0.15, -0.1) is 0 Å². The van der Waals surface area contributed by atoms with Crippen molar-refractivity contribution in [3.63, 3.8) is 0 Å². The lowest BCUT2D eigenvalue weighted by molar-refractivity contribution is 0.0688. The highest BCUT2D eigenvalue weighted by Crippen LogP contribution is 2.33. The maximum atomic E-state index is 13.0. The zero-order valence-electron chi connectivity index (χ0n) is 13.5. The van der Waals surface area contributed by atoms with Gasteiger partial charge in [-0.2, -0.15) is 0 Å². The van der Waals surface area contributed by atoms with Crippen LogP contribution in [0.25, 0.3) is 0 Å². The number of carboxylic acids is 1. The summed E-state index contributed by atoms with van der Waals surface area (Å²) in [6.07, 6.45) is 0. The van der Waals surface area contributed by atoms with Crippen molar-refractivity contribution in [2.45, 2.75) is 13.8 Å². The second-order valence-corrected chi connectivity index (χ2v) is 5.17. The molecule has 2 aromatic carbocycles. The van der Waals surface area contributed by atoms with E-state index in [9.17, 15) is 14.7 Å². The fourth-order valence-corrected chi connectivity index (χ4v) is 2.46. The van der Waals surface area contributed by atoms with E-state index in [1.54, 1.807) is 13.0 Å². The molecular weight excluding hydrogens is 296 g/mol. The molecule has 0 aliphatic carbocycles. The molecule has 0 bridgehead atoms. The number of carboxylic acid groups (broad SMARTS) is 1. The Hall–Kier alpha value is -2.82. The number of hydrogen-bond acceptors (Lipinski definition) is 4. The first-order chi connectivity index (χ1) is 10.9. The minimum absolute atomic E-state index is 0.00644. The Morgan fingerprint density at radius 2 is 1.48 bits per heavy atom. The number of aromatic carboxylic acids is 1. The van der Waals surface area contributed by atoms with Crippen molar-refractivity contribution in [2.75, 3.05) is 14.2 Å². The highest BCUT2D eigenvalue weighted by atomic mass is 16.5. The molecule has 2 rings (SSSR count). The smallest absolute Gasteiger partial charge is 0.340 e. The zero-order valence-corrected chi connectivity index (χ0v) is 13.5. The van der Waals surface area contributed by atoms with Crippen molar-refractivity contribution < 1.29 is 24.2 Å². The normalized spacial score (nSPS) is 10.3. The van der Waals surface area contributed by atoms with Gasteiger partial charge in [0.25, 0.3) is 0 Å². The molecule has 1 N–H and O–H groups in total. The first-order valence-corrected chi connectivity index (χ1v) is 7.01. The molecule has 0 spiro atoms. The molecule has 0 radical (unpaired) electrons. The summed E-state index contributed by atoms with van der Waals surface area (Å²) >= 11 is 0. The van der Waals surface area contributed by atoms with Crippen LogP contribution in [0, 0.1) is 13.8 Å². The van der Waals surface area contributed by atoms with Crippen LogP contribution in [0.3, 0.4) is 0 Å². The zero-order chi connectivity index (χ0) is 17.1. The number of benzene rings is 2. The van der Waals surface area contributed by atoms with Crippen LogP contribution in [0.5, 0.6) is 11.5 Å². The van der Waals surface area contributed by atoms with Gasteiger partial charge in [-0.05, 0) is 37.6 Å². The van der Waals surface area contributed by atoms with Gasteiger partial charge in [-0.25, -0.2) is 4.79 Å². The fraction of sp³-hybridized carbons (Fsp3) is 0.222. The van der Waals surface area contributed by atoms with E-state index in [1.807, 2.05) is 19.1 Å². The van der Waals surface area contributed by atoms with Gasteiger partial charge in [-0.1, -0.05) is 17.7 Å². The Balaban J connectivity index is 2.77. The minimum atomic E-state index is -1.24. The summed E-state index contributed by atoms with van der Waals surface area (Å²) in [6, 6.07) is 8.47. The van der Waals surface area contributed by atoms with E-state index in [1.165, 1.54) is 26.4 Å². The number of carbonyl (C=O) groups is 2. The lowest BCUT2D eigenvalue weighted by Crippen LogP contribution is -2.14. The van der Waals surface area contributed by atoms with Crippen molar-refractivity contribution in [2.24, 2.45) is 0 Å². The third-order valence-corrected chi connectivity index (χ3v) is 3.65. The summed E-state index contributed by atoms with van der Waals surface area (Å²) in [7, 11) is 2.76. The van der Waals surface area contributed by atoms with Crippen LogP contribution in [0.1, 0.15) is 37.4 Å². The summed E-state index contributed by atoms with van der Waals surface area (Å²) < 4.78 is 10.3. The quantitative estimate of drug-likeness (QED) is 0.858. The van der Waals surface area contributed by atoms with Crippen molar-refractivity contribution in [3.8, 4) is 11.5 Å². The Labute approximate surface area is 134 Å². The van der Waals surface area contributed by atoms with E-state index < -0.39 is 11.8 Å². The van der Waals surface area contributed by atoms with Crippen LogP contribution < -0.4 is 9.47 Å². The van der Waals surface area contributed by atoms with E-state index in [0.29, 0.717) is 5.56 Å². The number of hydrogen-bond donors (Lipinski definition) is 1. The van der Waals surface area contributed by atoms with Crippen LogP contribution in [-0.2, 0) is 0 Å². The molecule has 0 aromatic heterocycles. The third kappa shape index (κ3) is 3.04. The van der Waals surface area contributed by atoms with Gasteiger partial charge >= 0.3 is 5.97 Å². The molecule has 0 aliphatic heterocycles. The molecule has 5 nitrogen and oxygen atoms in total. The molecule has 0 fully saturated rings. The minimum Gasteiger partial charge on any atom is -0.496 e. The van der Waals surface area contributed by atoms with Crippen LogP contribution in [0.15, 0.2) is 30.3 Å². The molecule has 0 saturated heterocycles. The highest BCUT2D eigenvalue weighted by molar-refractivity contribution is 6.17. The van der Waals surface area contributed by atoms with Crippen molar-refractivity contribution in [1.29, 1.82) is 0 Å². The Bertz CT molecular complexity index is 777. The van der Waals surface area contributed by atoms with Gasteiger partial charge in [-0.3, -0.25) is 4.79 Å². The van der Waals surface area contributed by atoms with Gasteiger partial charge < -0.3 is 14.6 Å². The molecule has 5 heteroatoms. The van der Waals surface area contributed by atoms with Gasteiger partial charge in [0.15, 0.2) is 5.78 Å². The van der Waals surface area contributed by atoms with Crippen molar-refractivity contribution >= 4 is 11.8 Å². The highest BCUT2D eigenvalue weighted by Gasteiger charge is 2.27. The monoisotopic (exact) mass is 314 g/mol. The Morgan fingerprint density at radius 1 is 0.913 bits per heavy atom. The maximum Gasteiger partial charge on any atom is 0.340 e. The molecule has 0 saturated carbocycles. The number of aryl methyl sites for hydroxylation is 2. The van der Waals surface area contributed by atoms with E-state index in [4.69, 9.17) is 9.47 Å². The van der Waals surface area contributed by atoms with E-state index in [-0.39, 0.29) is 22.6 Å². The molecule has 0 amide bonds. The number of carbonyl (C=O) groups excluding carboxylic acids is 1. The van der Waals surface area contributed by atoms with Crippen LogP contribution in [0.4, 0.5) is 0 Å². The molecule has 0 aliphatic rings. The summed E-state index contributed by atoms with van der Waals surface area (Å²) in [5, 5.41) is 9.53. The Kier molecular flexibility index (Phi) is 4.69. The lowest BCUT2D eigenvalue weighted by Gasteiger charge is -2.15. The summed E-state index contributed by atoms with van der Waals surface area (Å²) in [5.41, 5.74) is 1.92. The van der Waals surface area contributed by atoms with E-state index in [2.05, 4.69) is 0 Å². The van der Waals surface area contributed by atoms with Gasteiger partial charge in [0.2, 0.25) is 0 Å². The number of rotatable bonds is 5. The predicted octanol–water partition coefficient (Wildman–Crippen LogP) is 3.25. The summed E-state index contributed by atoms with van der Waals surface area (Å²) in [5.74, 6) is -1.32. The first-order valence-electron chi connectivity index (χ1n) is 7.01. The standard InChI is InChI=1S/C18H18O5/c1-10-5-6-11(2)12(9-10)17(19)15-13(22-3)7-8-14(23-4)16(15)18(20)21/h5-9H,1-4H3,(H,20,21). The topological polar surface area (TPSA) is 72.8 Å². The fourth-order valence-electron chi connectivity index (χ4n) is 2.46. The molecule has 2 aromatic rings. The molecule has 0 atom stereocenters. The largest absolute Gasteiger partial charge is 0.496 e. The van der Waals surface area contributed by atoms with Gasteiger partial charge in [0.1, 0.15) is 17.1 Å². The number of ether oxygens (including phenoxy) is 2. The van der Waals surface area contributed by atoms with Crippen molar-refractivity contribution in [3.05, 3.63) is 58.1 Å². The summed E-state index contributed by atoms with van der Waals surface area (Å²) in [4.78, 5) is 24.7. The molecule has 0 heterocycles. The second-order valence-electron chi connectivity index (χ2n) is 5.17. The predicted molar refractivity (Wildman–Crippen MR) is 85.9 cm³/mol. The lowest BCUT2D eigenvalue weighted by atomic mass is 9.93. The number of ketones is 1. The van der Waals surface area contributed by atoms with Crippen LogP contribution >= 0.6 is 0 Å². The second kappa shape index (κ2) is 6.52. The third-order valence-electron chi connectivity index (χ3n) is 3.65. The molecule has 120 valence electrons. The van der Waals surface area contributed by atoms with Crippen molar-refractivity contribution in [1.82, 2.24) is 0 Å². The van der Waals surface area contributed by atoms with E-state index in [0.717, 1.165) is 11.1 Å². The molecule has 0 unspecified atom stereocenters. The summed E-state index contributed by atoms with van der Waals surface area (Å²) in [6.45, 7) is 3.68. The van der Waals surface area contributed by atoms with E-state index >= 15 is 0 Å².